The van der Waals surface area contributed by atoms with Gasteiger partial charge in [-0.05, 0) is 25.1 Å². The van der Waals surface area contributed by atoms with Gasteiger partial charge in [-0.2, -0.15) is 0 Å². The van der Waals surface area contributed by atoms with E-state index < -0.39 is 0 Å². The quantitative estimate of drug-likeness (QED) is 0.732. The predicted molar refractivity (Wildman–Crippen MR) is 108 cm³/mol. The number of para-hydroxylation sites is 1. The molecule has 0 saturated carbocycles. The van der Waals surface area contributed by atoms with E-state index in [1.807, 2.05) is 30.3 Å². The van der Waals surface area contributed by atoms with E-state index in [1.54, 1.807) is 26.1 Å². The van der Waals surface area contributed by atoms with Crippen LogP contribution in [0.15, 0.2) is 30.3 Å². The third-order valence-corrected chi connectivity index (χ3v) is 5.06. The zero-order valence-electron chi connectivity index (χ0n) is 16.8. The molecular formula is C21H28N4O3. The fraction of sp³-hybridized carbons (Fsp3) is 0.476. The molecule has 7 nitrogen and oxygen atoms in total. The van der Waals surface area contributed by atoms with E-state index in [4.69, 9.17) is 9.72 Å². The first kappa shape index (κ1) is 20.2. The molecule has 7 heteroatoms. The van der Waals surface area contributed by atoms with Crippen molar-refractivity contribution in [2.75, 3.05) is 54.0 Å². The normalized spacial score (nSPS) is 17.0. The van der Waals surface area contributed by atoms with Crippen LogP contribution in [-0.2, 0) is 9.53 Å². The molecule has 0 aliphatic carbocycles. The van der Waals surface area contributed by atoms with Gasteiger partial charge in [-0.3, -0.25) is 19.5 Å². The monoisotopic (exact) mass is 384 g/mol. The smallest absolute Gasteiger partial charge is 0.254 e. The fourth-order valence-corrected chi connectivity index (χ4v) is 3.59. The van der Waals surface area contributed by atoms with E-state index in [1.165, 1.54) is 0 Å². The lowest BCUT2D eigenvalue weighted by molar-refractivity contribution is -0.122. The number of hydrogen-bond acceptors (Lipinski definition) is 5. The van der Waals surface area contributed by atoms with E-state index in [-0.39, 0.29) is 17.7 Å². The van der Waals surface area contributed by atoms with Crippen molar-refractivity contribution in [2.45, 2.75) is 12.3 Å². The summed E-state index contributed by atoms with van der Waals surface area (Å²) in [6.07, 6.45) is 0.923. The van der Waals surface area contributed by atoms with Crippen LogP contribution in [0, 0.1) is 0 Å². The van der Waals surface area contributed by atoms with Gasteiger partial charge < -0.3 is 15.0 Å². The molecule has 2 amide bonds. The molecular weight excluding hydrogens is 356 g/mol. The average molecular weight is 384 g/mol. The van der Waals surface area contributed by atoms with Crippen LogP contribution >= 0.6 is 0 Å². The number of fused-ring (bicyclic) bond motifs is 1. The maximum absolute atomic E-state index is 12.7. The first-order valence-electron chi connectivity index (χ1n) is 9.59. The summed E-state index contributed by atoms with van der Waals surface area (Å²) in [6.45, 7) is 3.01. The Kier molecular flexibility index (Phi) is 6.59. The molecule has 28 heavy (non-hydrogen) atoms. The van der Waals surface area contributed by atoms with Crippen molar-refractivity contribution in [1.82, 2.24) is 20.1 Å². The Hall–Kier alpha value is -2.51. The number of hydrogen-bond donors (Lipinski definition) is 1. The summed E-state index contributed by atoms with van der Waals surface area (Å²) in [6, 6.07) is 9.68. The number of rotatable bonds is 7. The Morgan fingerprint density at radius 3 is 2.86 bits per heavy atom. The summed E-state index contributed by atoms with van der Waals surface area (Å²) in [4.78, 5) is 33.3. The zero-order chi connectivity index (χ0) is 20.1. The van der Waals surface area contributed by atoms with Crippen LogP contribution < -0.4 is 5.32 Å². The molecule has 1 N–H and O–H groups in total. The van der Waals surface area contributed by atoms with Gasteiger partial charge in [0.05, 0.1) is 24.2 Å². The summed E-state index contributed by atoms with van der Waals surface area (Å²) in [7, 11) is 5.14. The molecule has 150 valence electrons. The van der Waals surface area contributed by atoms with Crippen LogP contribution in [0.2, 0.25) is 0 Å². The van der Waals surface area contributed by atoms with E-state index in [9.17, 15) is 9.59 Å². The molecule has 1 saturated heterocycles. The molecule has 1 aliphatic heterocycles. The minimum Gasteiger partial charge on any atom is -0.383 e. The third-order valence-electron chi connectivity index (χ3n) is 5.06. The van der Waals surface area contributed by atoms with E-state index in [0.29, 0.717) is 25.3 Å². The van der Waals surface area contributed by atoms with Crippen molar-refractivity contribution in [1.29, 1.82) is 0 Å². The van der Waals surface area contributed by atoms with Crippen LogP contribution in [-0.4, -0.2) is 80.6 Å². The van der Waals surface area contributed by atoms with Crippen LogP contribution in [0.5, 0.6) is 0 Å². The van der Waals surface area contributed by atoms with Gasteiger partial charge in [-0.15, -0.1) is 0 Å². The second kappa shape index (κ2) is 9.12. The van der Waals surface area contributed by atoms with Gasteiger partial charge in [0, 0.05) is 51.3 Å². The number of pyridine rings is 1. The fourth-order valence-electron chi connectivity index (χ4n) is 3.59. The molecule has 1 fully saturated rings. The van der Waals surface area contributed by atoms with E-state index >= 15 is 0 Å². The number of nitrogens with one attached hydrogen (secondary N) is 1. The molecule has 1 aliphatic rings. The van der Waals surface area contributed by atoms with Gasteiger partial charge in [0.25, 0.3) is 5.91 Å². The highest BCUT2D eigenvalue weighted by molar-refractivity contribution is 6.06. The largest absolute Gasteiger partial charge is 0.383 e. The van der Waals surface area contributed by atoms with Gasteiger partial charge in [-0.25, -0.2) is 0 Å². The Bertz CT molecular complexity index is 853. The highest BCUT2D eigenvalue weighted by Gasteiger charge is 2.27. The van der Waals surface area contributed by atoms with E-state index in [2.05, 4.69) is 10.2 Å². The van der Waals surface area contributed by atoms with Gasteiger partial charge in [0.15, 0.2) is 0 Å². The van der Waals surface area contributed by atoms with Crippen LogP contribution in [0.1, 0.15) is 28.4 Å². The maximum Gasteiger partial charge on any atom is 0.254 e. The zero-order valence-corrected chi connectivity index (χ0v) is 16.8. The molecule has 1 atom stereocenters. The van der Waals surface area contributed by atoms with Crippen LogP contribution in [0.3, 0.4) is 0 Å². The Labute approximate surface area is 165 Å². The lowest BCUT2D eigenvalue weighted by Crippen LogP contribution is -2.37. The molecule has 2 aromatic rings. The first-order chi connectivity index (χ1) is 13.5. The number of methoxy groups -OCH3 is 1. The summed E-state index contributed by atoms with van der Waals surface area (Å²) in [5.41, 5.74) is 2.44. The topological polar surface area (TPSA) is 74.8 Å². The summed E-state index contributed by atoms with van der Waals surface area (Å²) >= 11 is 0. The number of ether oxygens (including phenoxy) is 1. The number of aromatic nitrogens is 1. The summed E-state index contributed by atoms with van der Waals surface area (Å²) < 4.78 is 4.95. The Balaban J connectivity index is 1.75. The van der Waals surface area contributed by atoms with Gasteiger partial charge in [0.1, 0.15) is 0 Å². The highest BCUT2D eigenvalue weighted by atomic mass is 16.5. The lowest BCUT2D eigenvalue weighted by Gasteiger charge is -2.17. The van der Waals surface area contributed by atoms with Crippen molar-refractivity contribution >= 4 is 22.7 Å². The second-order valence-corrected chi connectivity index (χ2v) is 7.37. The lowest BCUT2D eigenvalue weighted by atomic mass is 9.99. The van der Waals surface area contributed by atoms with Gasteiger partial charge >= 0.3 is 0 Å². The molecule has 0 bridgehead atoms. The van der Waals surface area contributed by atoms with E-state index in [0.717, 1.165) is 36.1 Å². The summed E-state index contributed by atoms with van der Waals surface area (Å²) in [5, 5.41) is 3.73. The minimum absolute atomic E-state index is 0.00708. The molecule has 0 unspecified atom stereocenters. The van der Waals surface area contributed by atoms with Crippen molar-refractivity contribution in [3.05, 3.63) is 41.6 Å². The van der Waals surface area contributed by atoms with Crippen LogP contribution in [0.25, 0.3) is 10.9 Å². The van der Waals surface area contributed by atoms with Crippen LogP contribution in [0.4, 0.5) is 0 Å². The molecule has 1 aromatic heterocycles. The molecule has 0 radical (unpaired) electrons. The molecule has 0 spiro atoms. The number of likely N-dealkylation sites (tertiary alicyclic amines) is 1. The van der Waals surface area contributed by atoms with Crippen molar-refractivity contribution in [3.63, 3.8) is 0 Å². The van der Waals surface area contributed by atoms with Crippen molar-refractivity contribution < 1.29 is 14.3 Å². The molecule has 3 rings (SSSR count). The Morgan fingerprint density at radius 1 is 1.32 bits per heavy atom. The second-order valence-electron chi connectivity index (χ2n) is 7.37. The summed E-state index contributed by atoms with van der Waals surface area (Å²) in [5.74, 6) is 0.199. The number of benzene rings is 1. The highest BCUT2D eigenvalue weighted by Crippen LogP contribution is 2.29. The average Bonchev–Trinajstić information content (AvgIpc) is 3.15. The first-order valence-corrected chi connectivity index (χ1v) is 9.59. The third kappa shape index (κ3) is 4.66. The number of amides is 2. The number of carbonyl (C=O) groups excluding carboxylic acids is 2. The van der Waals surface area contributed by atoms with Crippen molar-refractivity contribution in [3.8, 4) is 0 Å². The molecule has 2 heterocycles. The van der Waals surface area contributed by atoms with Gasteiger partial charge in [-0.1, -0.05) is 18.2 Å². The maximum atomic E-state index is 12.7. The number of carbonyl (C=O) groups is 2. The minimum atomic E-state index is -0.0211. The standard InChI is InChI=1S/C21H28N4O3/c1-24(2)21(27)17-12-19(23-18-7-5-4-6-16(17)18)15-8-10-25(13-15)14-20(26)22-9-11-28-3/h4-7,12,15H,8-11,13-14H2,1-3H3,(H,22,26)/t15-/m1/s1. The number of nitrogens with zero attached hydrogens (tertiary/aromatic N) is 3. The Morgan fingerprint density at radius 2 is 2.11 bits per heavy atom. The predicted octanol–water partition coefficient (Wildman–Crippen LogP) is 1.49. The molecule has 1 aromatic carbocycles. The van der Waals surface area contributed by atoms with Crippen molar-refractivity contribution in [2.24, 2.45) is 0 Å². The van der Waals surface area contributed by atoms with Gasteiger partial charge in [0.2, 0.25) is 5.91 Å². The SMILES string of the molecule is COCCNC(=O)CN1CC[C@@H](c2cc(C(=O)N(C)C)c3ccccc3n2)C1.